The number of benzene rings is 1. The largest absolute Gasteiger partial charge is 0.492 e. The van der Waals surface area contributed by atoms with E-state index in [0.29, 0.717) is 10.8 Å². The van der Waals surface area contributed by atoms with Gasteiger partial charge in [-0.3, -0.25) is 4.79 Å². The van der Waals surface area contributed by atoms with Crippen LogP contribution in [0, 0.1) is 0 Å². The average molecular weight is 326 g/mol. The molecule has 0 unspecified atom stereocenters. The van der Waals surface area contributed by atoms with Crippen molar-refractivity contribution in [1.82, 2.24) is 5.32 Å². The van der Waals surface area contributed by atoms with Gasteiger partial charge in [-0.2, -0.15) is 13.2 Å². The van der Waals surface area contributed by atoms with Crippen molar-refractivity contribution in [3.8, 4) is 5.75 Å². The summed E-state index contributed by atoms with van der Waals surface area (Å²) < 4.78 is 44.9. The Hall–Kier alpha value is -1.47. The number of hydrogen-bond acceptors (Lipinski definition) is 3. The SMILES string of the molecule is O=C(CCOCC(F)(F)F)NCCOc1ccc(Cl)cc1. The summed E-state index contributed by atoms with van der Waals surface area (Å²) in [4.78, 5) is 11.3. The minimum atomic E-state index is -4.37. The smallest absolute Gasteiger partial charge is 0.411 e. The molecule has 0 heterocycles. The highest BCUT2D eigenvalue weighted by Gasteiger charge is 2.27. The van der Waals surface area contributed by atoms with E-state index in [9.17, 15) is 18.0 Å². The fourth-order valence-corrected chi connectivity index (χ4v) is 1.46. The van der Waals surface area contributed by atoms with Crippen LogP contribution in [0.15, 0.2) is 24.3 Å². The van der Waals surface area contributed by atoms with Crippen molar-refractivity contribution in [2.24, 2.45) is 0 Å². The third kappa shape index (κ3) is 9.14. The van der Waals surface area contributed by atoms with Gasteiger partial charge in [0.2, 0.25) is 5.91 Å². The van der Waals surface area contributed by atoms with Gasteiger partial charge in [-0.15, -0.1) is 0 Å². The van der Waals surface area contributed by atoms with E-state index in [-0.39, 0.29) is 26.2 Å². The summed E-state index contributed by atoms with van der Waals surface area (Å²) in [5.41, 5.74) is 0. The lowest BCUT2D eigenvalue weighted by atomic mass is 10.3. The van der Waals surface area contributed by atoms with E-state index < -0.39 is 18.7 Å². The van der Waals surface area contributed by atoms with E-state index in [1.54, 1.807) is 24.3 Å². The van der Waals surface area contributed by atoms with E-state index in [2.05, 4.69) is 10.1 Å². The van der Waals surface area contributed by atoms with Crippen molar-refractivity contribution in [1.29, 1.82) is 0 Å². The van der Waals surface area contributed by atoms with Crippen molar-refractivity contribution in [3.05, 3.63) is 29.3 Å². The number of nitrogens with one attached hydrogen (secondary N) is 1. The molecule has 0 aliphatic rings. The van der Waals surface area contributed by atoms with Gasteiger partial charge in [-0.1, -0.05) is 11.6 Å². The van der Waals surface area contributed by atoms with Gasteiger partial charge in [0.15, 0.2) is 0 Å². The summed E-state index contributed by atoms with van der Waals surface area (Å²) >= 11 is 5.71. The lowest BCUT2D eigenvalue weighted by Crippen LogP contribution is -2.29. The van der Waals surface area contributed by atoms with Crippen LogP contribution in [0.5, 0.6) is 5.75 Å². The number of rotatable bonds is 8. The first-order valence-electron chi connectivity index (χ1n) is 6.16. The molecule has 4 nitrogen and oxygen atoms in total. The van der Waals surface area contributed by atoms with E-state index in [0.717, 1.165) is 0 Å². The summed E-state index contributed by atoms with van der Waals surface area (Å²) in [5.74, 6) is 0.221. The molecule has 0 aliphatic heterocycles. The van der Waals surface area contributed by atoms with Gasteiger partial charge in [0, 0.05) is 11.4 Å². The maximum Gasteiger partial charge on any atom is 0.411 e. The minimum Gasteiger partial charge on any atom is -0.492 e. The summed E-state index contributed by atoms with van der Waals surface area (Å²) in [5, 5.41) is 3.10. The Morgan fingerprint density at radius 3 is 2.48 bits per heavy atom. The summed E-state index contributed by atoms with van der Waals surface area (Å²) in [6.45, 7) is -1.12. The van der Waals surface area contributed by atoms with Gasteiger partial charge >= 0.3 is 6.18 Å². The number of alkyl halides is 3. The van der Waals surface area contributed by atoms with Crippen molar-refractivity contribution in [2.45, 2.75) is 12.6 Å². The molecule has 118 valence electrons. The first-order chi connectivity index (χ1) is 9.87. The second-order valence-corrected chi connectivity index (χ2v) is 4.51. The Labute approximate surface area is 125 Å². The van der Waals surface area contributed by atoms with Crippen molar-refractivity contribution >= 4 is 17.5 Å². The summed E-state index contributed by atoms with van der Waals surface area (Å²) in [6, 6.07) is 6.73. The van der Waals surface area contributed by atoms with E-state index in [4.69, 9.17) is 16.3 Å². The summed E-state index contributed by atoms with van der Waals surface area (Å²) in [7, 11) is 0. The minimum absolute atomic E-state index is 0.128. The Kier molecular flexibility index (Phi) is 7.31. The molecule has 1 rings (SSSR count). The predicted molar refractivity (Wildman–Crippen MR) is 71.4 cm³/mol. The highest BCUT2D eigenvalue weighted by molar-refractivity contribution is 6.30. The number of carbonyl (C=O) groups is 1. The molecule has 1 aromatic carbocycles. The molecule has 0 radical (unpaired) electrons. The average Bonchev–Trinajstić information content (AvgIpc) is 2.41. The number of halogens is 4. The summed E-state index contributed by atoms with van der Waals surface area (Å²) in [6.07, 6.45) is -4.50. The highest BCUT2D eigenvalue weighted by Crippen LogP contribution is 2.15. The standard InChI is InChI=1S/C13H15ClF3NO3/c14-10-1-3-11(4-2-10)21-8-6-18-12(19)5-7-20-9-13(15,16)17/h1-4H,5-9H2,(H,18,19). The van der Waals surface area contributed by atoms with Gasteiger partial charge in [0.25, 0.3) is 0 Å². The number of amides is 1. The highest BCUT2D eigenvalue weighted by atomic mass is 35.5. The monoisotopic (exact) mass is 325 g/mol. The van der Waals surface area contributed by atoms with E-state index in [1.807, 2.05) is 0 Å². The van der Waals surface area contributed by atoms with Gasteiger partial charge in [-0.25, -0.2) is 0 Å². The fraction of sp³-hybridized carbons (Fsp3) is 0.462. The zero-order valence-corrected chi connectivity index (χ0v) is 11.8. The van der Waals surface area contributed by atoms with Crippen LogP contribution in [0.2, 0.25) is 5.02 Å². The van der Waals surface area contributed by atoms with Crippen LogP contribution in [-0.4, -0.2) is 38.4 Å². The molecule has 21 heavy (non-hydrogen) atoms. The molecule has 0 spiro atoms. The van der Waals surface area contributed by atoms with Crippen molar-refractivity contribution in [2.75, 3.05) is 26.4 Å². The van der Waals surface area contributed by atoms with Crippen LogP contribution >= 0.6 is 11.6 Å². The molecule has 1 amide bonds. The Balaban J connectivity index is 2.04. The zero-order valence-electron chi connectivity index (χ0n) is 11.1. The van der Waals surface area contributed by atoms with Crippen LogP contribution in [0.25, 0.3) is 0 Å². The molecule has 0 saturated carbocycles. The van der Waals surface area contributed by atoms with Crippen molar-refractivity contribution < 1.29 is 27.4 Å². The Morgan fingerprint density at radius 2 is 1.86 bits per heavy atom. The molecule has 8 heteroatoms. The predicted octanol–water partition coefficient (Wildman–Crippen LogP) is 2.80. The maximum absolute atomic E-state index is 11.8. The molecule has 0 aliphatic carbocycles. The van der Waals surface area contributed by atoms with Crippen LogP contribution in [-0.2, 0) is 9.53 Å². The Morgan fingerprint density at radius 1 is 1.19 bits per heavy atom. The molecular weight excluding hydrogens is 311 g/mol. The van der Waals surface area contributed by atoms with Crippen LogP contribution in [0.4, 0.5) is 13.2 Å². The zero-order chi connectivity index (χ0) is 15.7. The lowest BCUT2D eigenvalue weighted by Gasteiger charge is -2.09. The van der Waals surface area contributed by atoms with E-state index in [1.165, 1.54) is 0 Å². The quantitative estimate of drug-likeness (QED) is 0.748. The number of carbonyl (C=O) groups excluding carboxylic acids is 1. The normalized spacial score (nSPS) is 11.2. The third-order valence-electron chi connectivity index (χ3n) is 2.25. The lowest BCUT2D eigenvalue weighted by molar-refractivity contribution is -0.174. The van der Waals surface area contributed by atoms with Crippen LogP contribution < -0.4 is 10.1 Å². The van der Waals surface area contributed by atoms with E-state index >= 15 is 0 Å². The van der Waals surface area contributed by atoms with Gasteiger partial charge in [-0.05, 0) is 24.3 Å². The molecule has 0 saturated heterocycles. The topological polar surface area (TPSA) is 47.6 Å². The molecule has 0 fully saturated rings. The molecule has 0 bridgehead atoms. The molecule has 0 aromatic heterocycles. The fourth-order valence-electron chi connectivity index (χ4n) is 1.33. The first kappa shape index (κ1) is 17.6. The van der Waals surface area contributed by atoms with Crippen LogP contribution in [0.1, 0.15) is 6.42 Å². The molecule has 0 atom stereocenters. The number of ether oxygens (including phenoxy) is 2. The van der Waals surface area contributed by atoms with Gasteiger partial charge < -0.3 is 14.8 Å². The van der Waals surface area contributed by atoms with Crippen molar-refractivity contribution in [3.63, 3.8) is 0 Å². The molecular formula is C13H15ClF3NO3. The second kappa shape index (κ2) is 8.74. The second-order valence-electron chi connectivity index (χ2n) is 4.07. The van der Waals surface area contributed by atoms with Gasteiger partial charge in [0.05, 0.1) is 13.2 Å². The first-order valence-corrected chi connectivity index (χ1v) is 6.54. The number of hydrogen-bond donors (Lipinski definition) is 1. The molecule has 1 aromatic rings. The molecule has 1 N–H and O–H groups in total. The van der Waals surface area contributed by atoms with Gasteiger partial charge in [0.1, 0.15) is 19.0 Å². The Bertz CT molecular complexity index is 437. The van der Waals surface area contributed by atoms with Crippen LogP contribution in [0.3, 0.4) is 0 Å². The third-order valence-corrected chi connectivity index (χ3v) is 2.50. The maximum atomic E-state index is 11.8.